The molecule has 17 heavy (non-hydrogen) atoms. The molecule has 0 spiro atoms. The fraction of sp³-hybridized carbons (Fsp3) is 0. The second-order valence-corrected chi connectivity index (χ2v) is 3.62. The Morgan fingerprint density at radius 1 is 1.18 bits per heavy atom. The first-order chi connectivity index (χ1) is 8.22. The molecule has 0 aliphatic carbocycles. The number of nitrogen functional groups attached to an aromatic ring is 1. The van der Waals surface area contributed by atoms with Crippen LogP contribution < -0.4 is 5.73 Å². The summed E-state index contributed by atoms with van der Waals surface area (Å²) in [7, 11) is 0. The van der Waals surface area contributed by atoms with Gasteiger partial charge < -0.3 is 15.8 Å². The Morgan fingerprint density at radius 3 is 2.88 bits per heavy atom. The van der Waals surface area contributed by atoms with E-state index in [9.17, 15) is 5.11 Å². The summed E-state index contributed by atoms with van der Waals surface area (Å²) in [6.45, 7) is 0. The maximum absolute atomic E-state index is 9.35. The molecule has 0 radical (unpaired) electrons. The average Bonchev–Trinajstić information content (AvgIpc) is 2.72. The molecule has 0 aliphatic heterocycles. The zero-order chi connectivity index (χ0) is 11.8. The Bertz CT molecular complexity index is 691. The highest BCUT2D eigenvalue weighted by Gasteiger charge is 2.07. The number of anilines is 1. The highest BCUT2D eigenvalue weighted by atomic mass is 16.3. The lowest BCUT2D eigenvalue weighted by Gasteiger charge is -1.95. The minimum absolute atomic E-state index is 0.0930. The van der Waals surface area contributed by atoms with Gasteiger partial charge in [0.25, 0.3) is 0 Å². The third-order valence-corrected chi connectivity index (χ3v) is 2.36. The van der Waals surface area contributed by atoms with E-state index >= 15 is 0 Å². The van der Waals surface area contributed by atoms with Crippen LogP contribution in [0.15, 0.2) is 30.6 Å². The van der Waals surface area contributed by atoms with E-state index in [0.29, 0.717) is 22.9 Å². The summed E-state index contributed by atoms with van der Waals surface area (Å²) >= 11 is 0. The summed E-state index contributed by atoms with van der Waals surface area (Å²) in [5.41, 5.74) is 7.61. The molecule has 0 unspecified atom stereocenters. The van der Waals surface area contributed by atoms with Crippen molar-refractivity contribution >= 4 is 17.0 Å². The van der Waals surface area contributed by atoms with Crippen molar-refractivity contribution in [1.29, 1.82) is 0 Å². The van der Waals surface area contributed by atoms with E-state index in [1.165, 1.54) is 6.20 Å². The lowest BCUT2D eigenvalue weighted by Crippen LogP contribution is -1.88. The van der Waals surface area contributed by atoms with E-state index in [-0.39, 0.29) is 5.75 Å². The minimum Gasteiger partial charge on any atom is -0.506 e. The molecule has 6 heteroatoms. The summed E-state index contributed by atoms with van der Waals surface area (Å²) in [4.78, 5) is 15.4. The Morgan fingerprint density at radius 2 is 2.06 bits per heavy atom. The van der Waals surface area contributed by atoms with Crippen molar-refractivity contribution in [1.82, 2.24) is 19.9 Å². The smallest absolute Gasteiger partial charge is 0.180 e. The van der Waals surface area contributed by atoms with E-state index in [1.54, 1.807) is 18.3 Å². The van der Waals surface area contributed by atoms with Gasteiger partial charge in [0, 0.05) is 11.8 Å². The summed E-state index contributed by atoms with van der Waals surface area (Å²) in [6.07, 6.45) is 2.98. The maximum atomic E-state index is 9.35. The Kier molecular flexibility index (Phi) is 1.94. The number of aromatic amines is 1. The lowest BCUT2D eigenvalue weighted by atomic mass is 10.2. The molecule has 0 aromatic carbocycles. The number of nitrogens with two attached hydrogens (primary N) is 1. The van der Waals surface area contributed by atoms with Crippen molar-refractivity contribution in [2.45, 2.75) is 0 Å². The SMILES string of the molecule is Nc1ccc2[nH]c(-c3cncc(O)c3)nc2n1. The van der Waals surface area contributed by atoms with Crippen molar-refractivity contribution in [2.24, 2.45) is 0 Å². The molecule has 3 aromatic heterocycles. The average molecular weight is 227 g/mol. The Balaban J connectivity index is 2.18. The quantitative estimate of drug-likeness (QED) is 0.581. The number of aromatic hydroxyl groups is 1. The van der Waals surface area contributed by atoms with Crippen molar-refractivity contribution in [3.05, 3.63) is 30.6 Å². The van der Waals surface area contributed by atoms with Gasteiger partial charge in [0.05, 0.1) is 11.7 Å². The van der Waals surface area contributed by atoms with Crippen LogP contribution in [0.25, 0.3) is 22.6 Å². The second-order valence-electron chi connectivity index (χ2n) is 3.62. The van der Waals surface area contributed by atoms with Gasteiger partial charge in [-0.15, -0.1) is 0 Å². The standard InChI is InChI=1S/C11H9N5O/c12-9-2-1-8-11(15-9)16-10(14-8)6-3-7(17)5-13-4-6/h1-5,17H,(H3,12,14,15,16). The van der Waals surface area contributed by atoms with Crippen LogP contribution in [0.1, 0.15) is 0 Å². The molecule has 84 valence electrons. The number of rotatable bonds is 1. The molecule has 4 N–H and O–H groups in total. The number of hydrogen-bond acceptors (Lipinski definition) is 5. The zero-order valence-corrected chi connectivity index (χ0v) is 8.75. The molecule has 3 aromatic rings. The highest BCUT2D eigenvalue weighted by Crippen LogP contribution is 2.21. The van der Waals surface area contributed by atoms with Crippen LogP contribution in [-0.2, 0) is 0 Å². The number of H-pyrrole nitrogens is 1. The fourth-order valence-electron chi connectivity index (χ4n) is 1.60. The van der Waals surface area contributed by atoms with Crippen LogP contribution in [0.3, 0.4) is 0 Å². The summed E-state index contributed by atoms with van der Waals surface area (Å²) < 4.78 is 0. The van der Waals surface area contributed by atoms with Gasteiger partial charge in [-0.05, 0) is 18.2 Å². The molecular weight excluding hydrogens is 218 g/mol. The largest absolute Gasteiger partial charge is 0.506 e. The number of aromatic nitrogens is 4. The molecule has 0 aliphatic rings. The predicted molar refractivity (Wildman–Crippen MR) is 63.2 cm³/mol. The highest BCUT2D eigenvalue weighted by molar-refractivity contribution is 5.77. The first-order valence-corrected chi connectivity index (χ1v) is 4.99. The molecule has 0 amide bonds. The van der Waals surface area contributed by atoms with E-state index in [2.05, 4.69) is 19.9 Å². The van der Waals surface area contributed by atoms with Gasteiger partial charge in [0.15, 0.2) is 5.65 Å². The van der Waals surface area contributed by atoms with E-state index in [4.69, 9.17) is 5.73 Å². The van der Waals surface area contributed by atoms with E-state index in [0.717, 1.165) is 5.52 Å². The maximum Gasteiger partial charge on any atom is 0.180 e. The third kappa shape index (κ3) is 1.65. The normalized spacial score (nSPS) is 10.8. The molecule has 3 rings (SSSR count). The topological polar surface area (TPSA) is 101 Å². The van der Waals surface area contributed by atoms with Crippen LogP contribution in [-0.4, -0.2) is 25.0 Å². The number of pyridine rings is 2. The number of hydrogen-bond donors (Lipinski definition) is 3. The van der Waals surface area contributed by atoms with Gasteiger partial charge in [0.2, 0.25) is 0 Å². The second kappa shape index (κ2) is 3.44. The molecule has 0 saturated carbocycles. The van der Waals surface area contributed by atoms with Crippen molar-refractivity contribution in [2.75, 3.05) is 5.73 Å². The van der Waals surface area contributed by atoms with Gasteiger partial charge in [-0.3, -0.25) is 4.98 Å². The summed E-state index contributed by atoms with van der Waals surface area (Å²) in [5.74, 6) is 1.11. The van der Waals surface area contributed by atoms with Gasteiger partial charge in [-0.2, -0.15) is 0 Å². The molecule has 0 saturated heterocycles. The molecule has 6 nitrogen and oxygen atoms in total. The van der Waals surface area contributed by atoms with Crippen LogP contribution in [0.4, 0.5) is 5.82 Å². The van der Waals surface area contributed by atoms with E-state index < -0.39 is 0 Å². The fourth-order valence-corrected chi connectivity index (χ4v) is 1.60. The minimum atomic E-state index is 0.0930. The van der Waals surface area contributed by atoms with Crippen LogP contribution >= 0.6 is 0 Å². The van der Waals surface area contributed by atoms with Crippen molar-refractivity contribution in [3.63, 3.8) is 0 Å². The number of imidazole rings is 1. The first-order valence-electron chi connectivity index (χ1n) is 4.99. The molecule has 0 bridgehead atoms. The van der Waals surface area contributed by atoms with Gasteiger partial charge in [-0.25, -0.2) is 9.97 Å². The van der Waals surface area contributed by atoms with Crippen LogP contribution in [0, 0.1) is 0 Å². The molecule has 0 fully saturated rings. The number of fused-ring (bicyclic) bond motifs is 1. The molecule has 3 heterocycles. The van der Waals surface area contributed by atoms with Gasteiger partial charge in [-0.1, -0.05) is 0 Å². The van der Waals surface area contributed by atoms with E-state index in [1.807, 2.05) is 6.07 Å². The zero-order valence-electron chi connectivity index (χ0n) is 8.75. The van der Waals surface area contributed by atoms with Crippen molar-refractivity contribution in [3.8, 4) is 17.1 Å². The number of nitrogens with one attached hydrogen (secondary N) is 1. The van der Waals surface area contributed by atoms with Crippen LogP contribution in [0.5, 0.6) is 5.75 Å². The lowest BCUT2D eigenvalue weighted by molar-refractivity contribution is 0.473. The summed E-state index contributed by atoms with van der Waals surface area (Å²) in [5, 5.41) is 9.35. The van der Waals surface area contributed by atoms with Crippen molar-refractivity contribution < 1.29 is 5.11 Å². The number of nitrogens with zero attached hydrogens (tertiary/aromatic N) is 3. The summed E-state index contributed by atoms with van der Waals surface area (Å²) in [6, 6.07) is 5.09. The van der Waals surface area contributed by atoms with Gasteiger partial charge in [0.1, 0.15) is 17.4 Å². The third-order valence-electron chi connectivity index (χ3n) is 2.36. The molecule has 0 atom stereocenters. The first kappa shape index (κ1) is 9.59. The Hall–Kier alpha value is -2.63. The van der Waals surface area contributed by atoms with Gasteiger partial charge >= 0.3 is 0 Å². The Labute approximate surface area is 96.2 Å². The monoisotopic (exact) mass is 227 g/mol. The van der Waals surface area contributed by atoms with Crippen LogP contribution in [0.2, 0.25) is 0 Å². The predicted octanol–water partition coefficient (Wildman–Crippen LogP) is 1.31. The molecular formula is C11H9N5O.